The molecule has 4 rings (SSSR count). The van der Waals surface area contributed by atoms with Crippen molar-refractivity contribution >= 4 is 17.5 Å². The Labute approximate surface area is 173 Å². The molecule has 6 nitrogen and oxygen atoms in total. The van der Waals surface area contributed by atoms with Gasteiger partial charge < -0.3 is 9.47 Å². The summed E-state index contributed by atoms with van der Waals surface area (Å²) < 4.78 is 10.8. The normalized spacial score (nSPS) is 14.3. The van der Waals surface area contributed by atoms with E-state index in [9.17, 15) is 14.9 Å². The largest absolute Gasteiger partial charge is 0.497 e. The van der Waals surface area contributed by atoms with E-state index in [1.165, 1.54) is 6.07 Å². The van der Waals surface area contributed by atoms with Crippen molar-refractivity contribution in [3.8, 4) is 17.2 Å². The second kappa shape index (κ2) is 8.21. The topological polar surface area (TPSA) is 78.7 Å². The van der Waals surface area contributed by atoms with E-state index >= 15 is 0 Å². The number of hydrogen-bond donors (Lipinski definition) is 0. The first-order valence-electron chi connectivity index (χ1n) is 9.48. The minimum atomic E-state index is -0.487. The van der Waals surface area contributed by atoms with E-state index in [1.807, 2.05) is 24.3 Å². The fraction of sp³-hybridized carbons (Fsp3) is 0.125. The lowest BCUT2D eigenvalue weighted by Gasteiger charge is -2.17. The van der Waals surface area contributed by atoms with Crippen molar-refractivity contribution in [2.45, 2.75) is 12.8 Å². The van der Waals surface area contributed by atoms with Crippen molar-refractivity contribution in [3.05, 3.63) is 99.1 Å². The van der Waals surface area contributed by atoms with Gasteiger partial charge in [-0.1, -0.05) is 30.3 Å². The molecule has 0 saturated heterocycles. The molecule has 0 spiro atoms. The highest BCUT2D eigenvalue weighted by molar-refractivity contribution is 6.13. The van der Waals surface area contributed by atoms with Crippen LogP contribution in [0, 0.1) is 10.1 Å². The van der Waals surface area contributed by atoms with Gasteiger partial charge >= 0.3 is 5.69 Å². The van der Waals surface area contributed by atoms with Gasteiger partial charge in [0.05, 0.1) is 12.0 Å². The number of ether oxygens (including phenoxy) is 2. The summed E-state index contributed by atoms with van der Waals surface area (Å²) in [5.41, 5.74) is 2.81. The van der Waals surface area contributed by atoms with Crippen molar-refractivity contribution in [2.75, 3.05) is 7.11 Å². The first-order valence-corrected chi connectivity index (χ1v) is 9.48. The standard InChI is InChI=1S/C24H19NO5/c1-29-19-9-11-20(12-10-19)30-23-13-6-16(15-22(23)25(27)28)14-18-8-7-17-4-2-3-5-21(17)24(18)26/h2-6,9-15H,7-8H2,1H3. The number of ketones is 1. The van der Waals surface area contributed by atoms with E-state index in [0.29, 0.717) is 34.6 Å². The number of fused-ring (bicyclic) bond motifs is 1. The maximum Gasteiger partial charge on any atom is 0.312 e. The molecule has 3 aromatic rings. The van der Waals surface area contributed by atoms with Gasteiger partial charge in [0, 0.05) is 17.2 Å². The van der Waals surface area contributed by atoms with Gasteiger partial charge in [-0.2, -0.15) is 0 Å². The van der Waals surface area contributed by atoms with Crippen LogP contribution in [0.15, 0.2) is 72.3 Å². The Bertz CT molecular complexity index is 1150. The van der Waals surface area contributed by atoms with Crippen molar-refractivity contribution in [1.82, 2.24) is 0 Å². The number of Topliss-reactive ketones (excluding diaryl/α,β-unsaturated/α-hetero) is 1. The van der Waals surface area contributed by atoms with E-state index in [4.69, 9.17) is 9.47 Å². The average Bonchev–Trinajstić information content (AvgIpc) is 2.77. The van der Waals surface area contributed by atoms with Crippen LogP contribution in [0.4, 0.5) is 5.69 Å². The van der Waals surface area contributed by atoms with Gasteiger partial charge in [-0.15, -0.1) is 0 Å². The molecule has 0 saturated carbocycles. The van der Waals surface area contributed by atoms with E-state index in [2.05, 4.69) is 0 Å². The van der Waals surface area contributed by atoms with Crippen LogP contribution in [0.1, 0.15) is 27.9 Å². The molecular formula is C24H19NO5. The number of nitrogens with zero attached hydrogens (tertiary/aromatic N) is 1. The zero-order valence-corrected chi connectivity index (χ0v) is 16.3. The van der Waals surface area contributed by atoms with Crippen LogP contribution < -0.4 is 9.47 Å². The van der Waals surface area contributed by atoms with Gasteiger partial charge in [0.2, 0.25) is 5.75 Å². The summed E-state index contributed by atoms with van der Waals surface area (Å²) >= 11 is 0. The first-order chi connectivity index (χ1) is 14.5. The monoisotopic (exact) mass is 401 g/mol. The highest BCUT2D eigenvalue weighted by atomic mass is 16.6. The SMILES string of the molecule is COc1ccc(Oc2ccc(C=C3CCc4ccccc4C3=O)cc2[N+](=O)[O-])cc1. The van der Waals surface area contributed by atoms with E-state index in [-0.39, 0.29) is 17.2 Å². The summed E-state index contributed by atoms with van der Waals surface area (Å²) in [5, 5.41) is 11.6. The second-order valence-corrected chi connectivity index (χ2v) is 6.92. The predicted molar refractivity (Wildman–Crippen MR) is 113 cm³/mol. The third-order valence-electron chi connectivity index (χ3n) is 5.03. The molecule has 150 valence electrons. The Morgan fingerprint density at radius 3 is 2.43 bits per heavy atom. The Kier molecular flexibility index (Phi) is 5.30. The Hall–Kier alpha value is -3.93. The molecule has 0 aliphatic heterocycles. The summed E-state index contributed by atoms with van der Waals surface area (Å²) in [4.78, 5) is 23.9. The van der Waals surface area contributed by atoms with Crippen molar-refractivity contribution in [2.24, 2.45) is 0 Å². The highest BCUT2D eigenvalue weighted by Gasteiger charge is 2.22. The third kappa shape index (κ3) is 3.93. The number of carbonyl (C=O) groups is 1. The molecule has 0 unspecified atom stereocenters. The van der Waals surface area contributed by atoms with Crippen molar-refractivity contribution < 1.29 is 19.2 Å². The van der Waals surface area contributed by atoms with Gasteiger partial charge in [-0.25, -0.2) is 0 Å². The molecule has 3 aromatic carbocycles. The third-order valence-corrected chi connectivity index (χ3v) is 5.03. The number of methoxy groups -OCH3 is 1. The number of rotatable bonds is 5. The maximum absolute atomic E-state index is 12.8. The minimum Gasteiger partial charge on any atom is -0.497 e. The Morgan fingerprint density at radius 1 is 0.967 bits per heavy atom. The number of nitro benzene ring substituents is 1. The lowest BCUT2D eigenvalue weighted by molar-refractivity contribution is -0.385. The van der Waals surface area contributed by atoms with Crippen LogP contribution in [0.3, 0.4) is 0 Å². The molecular weight excluding hydrogens is 382 g/mol. The van der Waals surface area contributed by atoms with Gasteiger partial charge in [-0.05, 0) is 60.4 Å². The predicted octanol–water partition coefficient (Wildman–Crippen LogP) is 5.61. The molecule has 6 heteroatoms. The molecule has 0 fully saturated rings. The van der Waals surface area contributed by atoms with Crippen molar-refractivity contribution in [1.29, 1.82) is 0 Å². The van der Waals surface area contributed by atoms with E-state index in [1.54, 1.807) is 49.6 Å². The summed E-state index contributed by atoms with van der Waals surface area (Å²) in [6, 6.07) is 19.0. The first kappa shape index (κ1) is 19.4. The fourth-order valence-electron chi connectivity index (χ4n) is 3.48. The maximum atomic E-state index is 12.8. The molecule has 1 aliphatic carbocycles. The van der Waals surface area contributed by atoms with Crippen LogP contribution in [0.25, 0.3) is 6.08 Å². The fourth-order valence-corrected chi connectivity index (χ4v) is 3.48. The molecule has 0 bridgehead atoms. The molecule has 0 heterocycles. The molecule has 0 N–H and O–H groups in total. The second-order valence-electron chi connectivity index (χ2n) is 6.92. The zero-order valence-electron chi connectivity index (χ0n) is 16.3. The van der Waals surface area contributed by atoms with Gasteiger partial charge in [0.25, 0.3) is 0 Å². The summed E-state index contributed by atoms with van der Waals surface area (Å²) in [7, 11) is 1.56. The Morgan fingerprint density at radius 2 is 1.70 bits per heavy atom. The number of allylic oxidation sites excluding steroid dienone is 1. The van der Waals surface area contributed by atoms with E-state index in [0.717, 1.165) is 12.0 Å². The summed E-state index contributed by atoms with van der Waals surface area (Å²) in [6.45, 7) is 0. The van der Waals surface area contributed by atoms with Gasteiger partial charge in [0.15, 0.2) is 5.78 Å². The van der Waals surface area contributed by atoms with Crippen LogP contribution in [0.5, 0.6) is 17.2 Å². The highest BCUT2D eigenvalue weighted by Crippen LogP contribution is 2.34. The molecule has 0 atom stereocenters. The number of nitro groups is 1. The zero-order chi connectivity index (χ0) is 21.1. The number of benzene rings is 3. The minimum absolute atomic E-state index is 0.0296. The van der Waals surface area contributed by atoms with Crippen molar-refractivity contribution in [3.63, 3.8) is 0 Å². The van der Waals surface area contributed by atoms with E-state index < -0.39 is 4.92 Å². The molecule has 0 amide bonds. The smallest absolute Gasteiger partial charge is 0.312 e. The number of carbonyl (C=O) groups excluding carboxylic acids is 1. The molecule has 0 aromatic heterocycles. The molecule has 30 heavy (non-hydrogen) atoms. The average molecular weight is 401 g/mol. The number of aryl methyl sites for hydroxylation is 1. The summed E-state index contributed by atoms with van der Waals surface area (Å²) in [6.07, 6.45) is 3.10. The van der Waals surface area contributed by atoms with Gasteiger partial charge in [-0.3, -0.25) is 14.9 Å². The number of hydrogen-bond acceptors (Lipinski definition) is 5. The summed E-state index contributed by atoms with van der Waals surface area (Å²) in [5.74, 6) is 1.23. The lowest BCUT2D eigenvalue weighted by atomic mass is 9.86. The molecule has 0 radical (unpaired) electrons. The Balaban J connectivity index is 1.62. The van der Waals surface area contributed by atoms with Crippen LogP contribution in [-0.2, 0) is 6.42 Å². The van der Waals surface area contributed by atoms with Crippen LogP contribution in [0.2, 0.25) is 0 Å². The van der Waals surface area contributed by atoms with Gasteiger partial charge in [0.1, 0.15) is 11.5 Å². The van der Waals surface area contributed by atoms with Crippen LogP contribution >= 0.6 is 0 Å². The lowest BCUT2D eigenvalue weighted by Crippen LogP contribution is -2.13. The quantitative estimate of drug-likeness (QED) is 0.315. The van der Waals surface area contributed by atoms with Crippen LogP contribution in [-0.4, -0.2) is 17.8 Å². The molecule has 1 aliphatic rings.